The van der Waals surface area contributed by atoms with Crippen LogP contribution in [-0.4, -0.2) is 15.1 Å². The van der Waals surface area contributed by atoms with Crippen LogP contribution in [0.15, 0.2) is 6.20 Å². The molecule has 1 rings (SSSR count). The van der Waals surface area contributed by atoms with Crippen molar-refractivity contribution in [3.63, 3.8) is 0 Å². The van der Waals surface area contributed by atoms with Gasteiger partial charge in [0.15, 0.2) is 5.82 Å². The summed E-state index contributed by atoms with van der Waals surface area (Å²) in [6.45, 7) is 9.68. The molecule has 0 radical (unpaired) electrons. The Balaban J connectivity index is 3.09. The smallest absolute Gasteiger partial charge is 0.159 e. The fourth-order valence-corrected chi connectivity index (χ4v) is 1.47. The van der Waals surface area contributed by atoms with Gasteiger partial charge in [0.25, 0.3) is 0 Å². The molecule has 3 heteroatoms. The van der Waals surface area contributed by atoms with Crippen LogP contribution in [0.2, 0.25) is 0 Å². The summed E-state index contributed by atoms with van der Waals surface area (Å²) in [5.41, 5.74) is 1.18. The summed E-state index contributed by atoms with van der Waals surface area (Å²) < 4.78 is 0. The third kappa shape index (κ3) is 2.75. The Hall–Kier alpha value is -0.960. The Labute approximate surface area is 91.6 Å². The monoisotopic (exact) mass is 208 g/mol. The lowest BCUT2D eigenvalue weighted by Gasteiger charge is -2.18. The molecular weight excluding hydrogens is 188 g/mol. The maximum Gasteiger partial charge on any atom is 0.159 e. The molecule has 0 aliphatic rings. The van der Waals surface area contributed by atoms with Gasteiger partial charge in [0.05, 0.1) is 0 Å². The van der Waals surface area contributed by atoms with Gasteiger partial charge in [0, 0.05) is 11.9 Å². The average Bonchev–Trinajstić information content (AvgIpc) is 2.15. The zero-order chi connectivity index (χ0) is 11.6. The quantitative estimate of drug-likeness (QED) is 0.830. The van der Waals surface area contributed by atoms with Gasteiger partial charge >= 0.3 is 0 Å². The maximum atomic E-state index is 9.78. The van der Waals surface area contributed by atoms with E-state index < -0.39 is 5.60 Å². The van der Waals surface area contributed by atoms with Gasteiger partial charge in [0.1, 0.15) is 5.60 Å². The fraction of sp³-hybridized carbons (Fsp3) is 0.667. The highest BCUT2D eigenvalue weighted by Crippen LogP contribution is 2.22. The van der Waals surface area contributed by atoms with Crippen LogP contribution in [0.4, 0.5) is 0 Å². The van der Waals surface area contributed by atoms with E-state index in [1.807, 2.05) is 13.1 Å². The van der Waals surface area contributed by atoms with Gasteiger partial charge in [-0.25, -0.2) is 9.97 Å². The molecule has 0 saturated carbocycles. The minimum atomic E-state index is -0.960. The van der Waals surface area contributed by atoms with Crippen LogP contribution in [-0.2, 0) is 5.60 Å². The summed E-state index contributed by atoms with van der Waals surface area (Å²) in [6, 6.07) is 0. The number of aromatic nitrogens is 2. The summed E-state index contributed by atoms with van der Waals surface area (Å²) in [5.74, 6) is 0.966. The molecule has 84 valence electrons. The SMILES string of the molecule is CCC(C)c1cnc(C(C)(C)O)nc1C. The lowest BCUT2D eigenvalue weighted by atomic mass is 9.98. The molecule has 0 fully saturated rings. The molecule has 0 aliphatic carbocycles. The largest absolute Gasteiger partial charge is 0.382 e. The minimum Gasteiger partial charge on any atom is -0.382 e. The Morgan fingerprint density at radius 2 is 2.07 bits per heavy atom. The number of nitrogens with zero attached hydrogens (tertiary/aromatic N) is 2. The summed E-state index contributed by atoms with van der Waals surface area (Å²) in [6.07, 6.45) is 2.91. The molecule has 1 aromatic heterocycles. The van der Waals surface area contributed by atoms with Gasteiger partial charge < -0.3 is 5.11 Å². The van der Waals surface area contributed by atoms with Gasteiger partial charge in [-0.15, -0.1) is 0 Å². The van der Waals surface area contributed by atoms with Crippen molar-refractivity contribution in [2.45, 2.75) is 52.6 Å². The number of rotatable bonds is 3. The van der Waals surface area contributed by atoms with Crippen molar-refractivity contribution < 1.29 is 5.11 Å². The number of hydrogen-bond acceptors (Lipinski definition) is 3. The van der Waals surface area contributed by atoms with Crippen molar-refractivity contribution in [2.75, 3.05) is 0 Å². The Morgan fingerprint density at radius 3 is 2.47 bits per heavy atom. The van der Waals surface area contributed by atoms with Crippen molar-refractivity contribution >= 4 is 0 Å². The first-order valence-electron chi connectivity index (χ1n) is 5.42. The predicted octanol–water partition coefficient (Wildman–Crippen LogP) is 2.53. The number of hydrogen-bond donors (Lipinski definition) is 1. The fourth-order valence-electron chi connectivity index (χ4n) is 1.47. The van der Waals surface area contributed by atoms with Crippen LogP contribution in [0.25, 0.3) is 0 Å². The van der Waals surface area contributed by atoms with E-state index in [2.05, 4.69) is 23.8 Å². The molecule has 1 N–H and O–H groups in total. The van der Waals surface area contributed by atoms with Crippen LogP contribution < -0.4 is 0 Å². The predicted molar refractivity (Wildman–Crippen MR) is 60.7 cm³/mol. The molecule has 0 saturated heterocycles. The van der Waals surface area contributed by atoms with Crippen LogP contribution >= 0.6 is 0 Å². The number of aliphatic hydroxyl groups is 1. The Kier molecular flexibility index (Phi) is 3.45. The van der Waals surface area contributed by atoms with Crippen LogP contribution in [0.1, 0.15) is 57.1 Å². The highest BCUT2D eigenvalue weighted by Gasteiger charge is 2.20. The van der Waals surface area contributed by atoms with E-state index in [-0.39, 0.29) is 0 Å². The van der Waals surface area contributed by atoms with Crippen molar-refractivity contribution in [1.82, 2.24) is 9.97 Å². The zero-order valence-electron chi connectivity index (χ0n) is 10.2. The van der Waals surface area contributed by atoms with Crippen molar-refractivity contribution in [1.29, 1.82) is 0 Å². The first-order valence-corrected chi connectivity index (χ1v) is 5.42. The molecular formula is C12H20N2O. The van der Waals surface area contributed by atoms with E-state index in [9.17, 15) is 5.11 Å². The summed E-state index contributed by atoms with van der Waals surface area (Å²) in [4.78, 5) is 8.57. The average molecular weight is 208 g/mol. The van der Waals surface area contributed by atoms with E-state index in [1.165, 1.54) is 5.56 Å². The van der Waals surface area contributed by atoms with Gasteiger partial charge in [-0.3, -0.25) is 0 Å². The van der Waals surface area contributed by atoms with Crippen LogP contribution in [0.3, 0.4) is 0 Å². The normalized spacial score (nSPS) is 14.0. The van der Waals surface area contributed by atoms with E-state index in [0.29, 0.717) is 11.7 Å². The van der Waals surface area contributed by atoms with Crippen molar-refractivity contribution in [2.24, 2.45) is 0 Å². The third-order valence-electron chi connectivity index (χ3n) is 2.71. The molecule has 0 aliphatic heterocycles. The van der Waals surface area contributed by atoms with Crippen LogP contribution in [0.5, 0.6) is 0 Å². The van der Waals surface area contributed by atoms with Gasteiger partial charge in [0.2, 0.25) is 0 Å². The molecule has 15 heavy (non-hydrogen) atoms. The topological polar surface area (TPSA) is 46.0 Å². The summed E-state index contributed by atoms with van der Waals surface area (Å²) >= 11 is 0. The summed E-state index contributed by atoms with van der Waals surface area (Å²) in [7, 11) is 0. The van der Waals surface area contributed by atoms with Crippen molar-refractivity contribution in [3.05, 3.63) is 23.3 Å². The highest BCUT2D eigenvalue weighted by atomic mass is 16.3. The van der Waals surface area contributed by atoms with Crippen molar-refractivity contribution in [3.8, 4) is 0 Å². The minimum absolute atomic E-state index is 0.473. The zero-order valence-corrected chi connectivity index (χ0v) is 10.2. The second-order valence-corrected chi connectivity index (χ2v) is 4.60. The number of aryl methyl sites for hydroxylation is 1. The lowest BCUT2D eigenvalue weighted by Crippen LogP contribution is -2.20. The van der Waals surface area contributed by atoms with Gasteiger partial charge in [-0.05, 0) is 38.7 Å². The third-order valence-corrected chi connectivity index (χ3v) is 2.71. The maximum absolute atomic E-state index is 9.78. The molecule has 3 nitrogen and oxygen atoms in total. The van der Waals surface area contributed by atoms with E-state index in [4.69, 9.17) is 0 Å². The van der Waals surface area contributed by atoms with E-state index in [0.717, 1.165) is 12.1 Å². The van der Waals surface area contributed by atoms with E-state index in [1.54, 1.807) is 13.8 Å². The molecule has 0 amide bonds. The second kappa shape index (κ2) is 4.27. The second-order valence-electron chi connectivity index (χ2n) is 4.60. The first-order chi connectivity index (χ1) is 6.86. The molecule has 1 heterocycles. The lowest BCUT2D eigenvalue weighted by molar-refractivity contribution is 0.0684. The van der Waals surface area contributed by atoms with Gasteiger partial charge in [-0.1, -0.05) is 13.8 Å². The molecule has 1 aromatic rings. The first kappa shape index (κ1) is 12.1. The molecule has 0 bridgehead atoms. The van der Waals surface area contributed by atoms with Gasteiger partial charge in [-0.2, -0.15) is 0 Å². The Bertz CT molecular complexity index is 342. The van der Waals surface area contributed by atoms with Crippen LogP contribution in [0, 0.1) is 6.92 Å². The highest BCUT2D eigenvalue weighted by molar-refractivity contribution is 5.21. The Morgan fingerprint density at radius 1 is 1.47 bits per heavy atom. The van der Waals surface area contributed by atoms with E-state index >= 15 is 0 Å². The molecule has 0 spiro atoms. The molecule has 1 unspecified atom stereocenters. The standard InChI is InChI=1S/C12H20N2O/c1-6-8(2)10-7-13-11(12(4,5)15)14-9(10)3/h7-8,15H,6H2,1-5H3. The molecule has 0 aromatic carbocycles. The summed E-state index contributed by atoms with van der Waals surface area (Å²) in [5, 5.41) is 9.78. The molecule has 1 atom stereocenters.